The van der Waals surface area contributed by atoms with Gasteiger partial charge in [0.15, 0.2) is 21.5 Å². The van der Waals surface area contributed by atoms with Crippen LogP contribution >= 0.6 is 0 Å². The first-order valence-electron chi connectivity index (χ1n) is 9.64. The summed E-state index contributed by atoms with van der Waals surface area (Å²) in [4.78, 5) is 36.0. The van der Waals surface area contributed by atoms with Crippen molar-refractivity contribution in [3.63, 3.8) is 0 Å². The molecule has 186 valence electrons. The van der Waals surface area contributed by atoms with E-state index in [0.717, 1.165) is 18.4 Å². The lowest BCUT2D eigenvalue weighted by Gasteiger charge is -2.16. The Morgan fingerprint density at radius 1 is 1.09 bits per heavy atom. The molecule has 12 nitrogen and oxygen atoms in total. The number of halogens is 3. The van der Waals surface area contributed by atoms with Gasteiger partial charge in [0.2, 0.25) is 0 Å². The quantitative estimate of drug-likeness (QED) is 0.474. The van der Waals surface area contributed by atoms with E-state index in [2.05, 4.69) is 35.4 Å². The van der Waals surface area contributed by atoms with Gasteiger partial charge in [-0.2, -0.15) is 9.78 Å². The van der Waals surface area contributed by atoms with Crippen molar-refractivity contribution in [1.82, 2.24) is 35.4 Å². The monoisotopic (exact) mass is 513 g/mol. The fourth-order valence-corrected chi connectivity index (χ4v) is 3.52. The van der Waals surface area contributed by atoms with E-state index in [0.29, 0.717) is 6.07 Å². The number of benzene rings is 1. The molecule has 1 aromatic carbocycles. The number of amides is 2. The normalized spacial score (nSPS) is 12.6. The highest BCUT2D eigenvalue weighted by Crippen LogP contribution is 2.27. The molecular formula is C19H18F3N7O5S. The molecule has 3 aromatic rings. The molecule has 2 aromatic heterocycles. The number of sulfone groups is 1. The first-order chi connectivity index (χ1) is 16.3. The lowest BCUT2D eigenvalue weighted by Crippen LogP contribution is -2.29. The second kappa shape index (κ2) is 9.65. The minimum atomic E-state index is -5.10. The smallest absolute Gasteiger partial charge is 0.406 e. The van der Waals surface area contributed by atoms with E-state index in [1.165, 1.54) is 37.4 Å². The van der Waals surface area contributed by atoms with Crippen molar-refractivity contribution in [3.8, 4) is 11.6 Å². The maximum Gasteiger partial charge on any atom is 0.573 e. The Kier molecular flexibility index (Phi) is 7.04. The number of hydrogen-bond acceptors (Lipinski definition) is 9. The van der Waals surface area contributed by atoms with Crippen LogP contribution in [0.25, 0.3) is 5.82 Å². The number of aromatic nitrogens is 5. The molecule has 0 fully saturated rings. The molecule has 2 amide bonds. The number of carbonyl (C=O) groups is 2. The van der Waals surface area contributed by atoms with Crippen LogP contribution in [0.1, 0.15) is 39.6 Å². The van der Waals surface area contributed by atoms with Gasteiger partial charge in [0.05, 0.1) is 23.3 Å². The molecule has 0 aliphatic heterocycles. The van der Waals surface area contributed by atoms with Gasteiger partial charge in [-0.3, -0.25) is 9.59 Å². The first-order valence-corrected chi connectivity index (χ1v) is 11.5. The predicted octanol–water partition coefficient (Wildman–Crippen LogP) is 1.21. The summed E-state index contributed by atoms with van der Waals surface area (Å²) in [7, 11) is -2.53. The Balaban J connectivity index is 1.87. The van der Waals surface area contributed by atoms with Crippen LogP contribution in [-0.4, -0.2) is 64.6 Å². The highest BCUT2D eigenvalue weighted by molar-refractivity contribution is 7.90. The maximum atomic E-state index is 12.8. The number of nitrogens with zero attached hydrogens (tertiary/aromatic N) is 5. The van der Waals surface area contributed by atoms with E-state index < -0.39 is 44.7 Å². The van der Waals surface area contributed by atoms with E-state index >= 15 is 0 Å². The minimum Gasteiger partial charge on any atom is -0.406 e. The third-order valence-corrected chi connectivity index (χ3v) is 5.52. The van der Waals surface area contributed by atoms with Crippen molar-refractivity contribution in [2.75, 3.05) is 13.3 Å². The summed E-state index contributed by atoms with van der Waals surface area (Å²) in [5, 5.41) is 8.92. The summed E-state index contributed by atoms with van der Waals surface area (Å²) in [5.41, 5.74) is -0.332. The van der Waals surface area contributed by atoms with Gasteiger partial charge in [-0.25, -0.2) is 23.4 Å². The van der Waals surface area contributed by atoms with E-state index in [1.807, 2.05) is 0 Å². The predicted molar refractivity (Wildman–Crippen MR) is 112 cm³/mol. The van der Waals surface area contributed by atoms with Gasteiger partial charge in [0.1, 0.15) is 17.8 Å². The van der Waals surface area contributed by atoms with Crippen LogP contribution in [0.3, 0.4) is 0 Å². The van der Waals surface area contributed by atoms with E-state index in [9.17, 15) is 31.2 Å². The molecule has 35 heavy (non-hydrogen) atoms. The molecule has 0 aliphatic carbocycles. The molecular weight excluding hydrogens is 495 g/mol. The summed E-state index contributed by atoms with van der Waals surface area (Å²) >= 11 is 0. The Bertz CT molecular complexity index is 1360. The van der Waals surface area contributed by atoms with E-state index in [4.69, 9.17) is 0 Å². The highest BCUT2D eigenvalue weighted by Gasteiger charge is 2.32. The van der Waals surface area contributed by atoms with Gasteiger partial charge in [0, 0.05) is 18.9 Å². The molecule has 0 unspecified atom stereocenters. The number of nitrogens with one attached hydrogen (secondary N) is 2. The first kappa shape index (κ1) is 25.5. The molecule has 2 heterocycles. The molecule has 0 aliphatic rings. The second-order valence-corrected chi connectivity index (χ2v) is 9.09. The van der Waals surface area contributed by atoms with Gasteiger partial charge in [-0.1, -0.05) is 0 Å². The topological polar surface area (TPSA) is 158 Å². The average Bonchev–Trinajstić information content (AvgIpc) is 3.27. The number of alkyl halides is 3. The van der Waals surface area contributed by atoms with Gasteiger partial charge in [-0.15, -0.1) is 13.2 Å². The molecule has 3 rings (SSSR count). The van der Waals surface area contributed by atoms with Gasteiger partial charge in [0.25, 0.3) is 11.8 Å². The highest BCUT2D eigenvalue weighted by atomic mass is 32.2. The van der Waals surface area contributed by atoms with Crippen molar-refractivity contribution >= 4 is 21.7 Å². The van der Waals surface area contributed by atoms with Crippen molar-refractivity contribution in [2.45, 2.75) is 24.2 Å². The standard InChI is InChI=1S/C19H18F3N7O5S/c1-10(16-26-9-27-29(16)15-8-24-14(7-25-15)18(31)23-2)28-17(30)11-4-12(34-19(20,21)22)6-13(5-11)35(3,32)33/h4-10H,1-3H3,(H,23,31)(H,28,30)/t10-/m0/s1. The maximum absolute atomic E-state index is 12.8. The summed E-state index contributed by atoms with van der Waals surface area (Å²) in [6, 6.07) is 1.49. The minimum absolute atomic E-state index is 0.0573. The van der Waals surface area contributed by atoms with Crippen LogP contribution in [0.15, 0.2) is 41.8 Å². The second-order valence-electron chi connectivity index (χ2n) is 7.08. The summed E-state index contributed by atoms with van der Waals surface area (Å²) < 4.78 is 66.8. The fourth-order valence-electron chi connectivity index (χ4n) is 2.85. The molecule has 0 saturated heterocycles. The van der Waals surface area contributed by atoms with Crippen molar-refractivity contribution < 1.29 is 35.9 Å². The van der Waals surface area contributed by atoms with Crippen LogP contribution in [-0.2, 0) is 9.84 Å². The van der Waals surface area contributed by atoms with Crippen LogP contribution in [0, 0.1) is 0 Å². The zero-order chi connectivity index (χ0) is 26.0. The van der Waals surface area contributed by atoms with E-state index in [1.54, 1.807) is 0 Å². The zero-order valence-corrected chi connectivity index (χ0v) is 19.2. The Morgan fingerprint density at radius 3 is 2.37 bits per heavy atom. The SMILES string of the molecule is CNC(=O)c1cnc(-n2ncnc2[C@H](C)NC(=O)c2cc(OC(F)(F)F)cc(S(C)(=O)=O)c2)cn1. The fraction of sp³-hybridized carbons (Fsp3) is 0.263. The lowest BCUT2D eigenvalue weighted by atomic mass is 10.2. The summed E-state index contributed by atoms with van der Waals surface area (Å²) in [5.74, 6) is -1.87. The third kappa shape index (κ3) is 6.28. The Morgan fingerprint density at radius 2 is 1.80 bits per heavy atom. The Labute approximate surface area is 196 Å². The lowest BCUT2D eigenvalue weighted by molar-refractivity contribution is -0.274. The van der Waals surface area contributed by atoms with Crippen LogP contribution in [0.2, 0.25) is 0 Å². The van der Waals surface area contributed by atoms with Crippen molar-refractivity contribution in [1.29, 1.82) is 0 Å². The third-order valence-electron chi connectivity index (χ3n) is 4.43. The number of ether oxygens (including phenoxy) is 1. The van der Waals surface area contributed by atoms with Gasteiger partial charge < -0.3 is 15.4 Å². The number of hydrogen-bond donors (Lipinski definition) is 2. The van der Waals surface area contributed by atoms with E-state index in [-0.39, 0.29) is 22.9 Å². The van der Waals surface area contributed by atoms with Crippen LogP contribution in [0.4, 0.5) is 13.2 Å². The van der Waals surface area contributed by atoms with Crippen LogP contribution in [0.5, 0.6) is 5.75 Å². The summed E-state index contributed by atoms with van der Waals surface area (Å²) in [6.45, 7) is 1.51. The molecule has 2 N–H and O–H groups in total. The molecule has 0 spiro atoms. The van der Waals surface area contributed by atoms with Gasteiger partial charge in [-0.05, 0) is 25.1 Å². The molecule has 0 radical (unpaired) electrons. The molecule has 0 saturated carbocycles. The molecule has 0 bridgehead atoms. The average molecular weight is 513 g/mol. The van der Waals surface area contributed by atoms with Crippen molar-refractivity contribution in [3.05, 3.63) is 54.0 Å². The number of rotatable bonds is 7. The molecule has 16 heteroatoms. The zero-order valence-electron chi connectivity index (χ0n) is 18.4. The van der Waals surface area contributed by atoms with Crippen LogP contribution < -0.4 is 15.4 Å². The number of carbonyl (C=O) groups excluding carboxylic acids is 2. The largest absolute Gasteiger partial charge is 0.573 e. The summed E-state index contributed by atoms with van der Waals surface area (Å²) in [6.07, 6.45) is -0.674. The van der Waals surface area contributed by atoms with Crippen molar-refractivity contribution in [2.24, 2.45) is 0 Å². The Hall–Kier alpha value is -4.08. The molecule has 1 atom stereocenters. The van der Waals surface area contributed by atoms with Gasteiger partial charge >= 0.3 is 6.36 Å².